The minimum absolute atomic E-state index is 0.752. The van der Waals surface area contributed by atoms with Crippen LogP contribution in [-0.4, -0.2) is 5.16 Å². The quantitative estimate of drug-likeness (QED) is 0.699. The lowest BCUT2D eigenvalue weighted by Crippen LogP contribution is -1.86. The lowest BCUT2D eigenvalue weighted by Gasteiger charge is -2.00. The van der Waals surface area contributed by atoms with E-state index in [-0.39, 0.29) is 0 Å². The highest BCUT2D eigenvalue weighted by molar-refractivity contribution is 5.70. The molecular weight excluding hydrogens is 176 g/mol. The first-order valence-corrected chi connectivity index (χ1v) is 4.47. The molecule has 0 atom stereocenters. The van der Waals surface area contributed by atoms with E-state index in [0.29, 0.717) is 0 Å². The smallest absolute Gasteiger partial charge is 0.141 e. The van der Waals surface area contributed by atoms with E-state index in [9.17, 15) is 0 Å². The fraction of sp³-hybridized carbons (Fsp3) is 0.182. The Morgan fingerprint density at radius 2 is 2.07 bits per heavy atom. The van der Waals surface area contributed by atoms with Gasteiger partial charge in [-0.1, -0.05) is 17.3 Å². The zero-order valence-corrected chi connectivity index (χ0v) is 8.24. The maximum atomic E-state index is 5.71. The molecule has 3 nitrogen and oxygen atoms in total. The van der Waals surface area contributed by atoms with Gasteiger partial charge in [0.15, 0.2) is 0 Å². The van der Waals surface area contributed by atoms with Crippen LogP contribution in [0.15, 0.2) is 28.8 Å². The van der Waals surface area contributed by atoms with Crippen molar-refractivity contribution in [2.45, 2.75) is 13.8 Å². The summed E-state index contributed by atoms with van der Waals surface area (Å²) in [7, 11) is 0. The van der Waals surface area contributed by atoms with Gasteiger partial charge in [0.05, 0.1) is 5.69 Å². The molecule has 1 aromatic carbocycles. The molecule has 0 unspecified atom stereocenters. The Labute approximate surface area is 82.5 Å². The predicted molar refractivity (Wildman–Crippen MR) is 55.8 cm³/mol. The van der Waals surface area contributed by atoms with Gasteiger partial charge in [0.2, 0.25) is 0 Å². The highest BCUT2D eigenvalue weighted by Gasteiger charge is 2.10. The molecule has 2 aromatic rings. The number of aromatic nitrogens is 1. The van der Waals surface area contributed by atoms with E-state index in [4.69, 9.17) is 10.3 Å². The number of hydrogen-bond donors (Lipinski definition) is 1. The fourth-order valence-electron chi connectivity index (χ4n) is 1.59. The Morgan fingerprint density at radius 1 is 1.29 bits per heavy atom. The van der Waals surface area contributed by atoms with E-state index in [1.54, 1.807) is 0 Å². The Hall–Kier alpha value is -1.77. The minimum atomic E-state index is 0.752. The maximum Gasteiger partial charge on any atom is 0.141 e. The summed E-state index contributed by atoms with van der Waals surface area (Å²) in [6.45, 7) is 3.83. The molecule has 0 spiro atoms. The van der Waals surface area contributed by atoms with Crippen LogP contribution in [0.25, 0.3) is 11.1 Å². The SMILES string of the molecule is Cc1noc(C)c1-c1cccc(N)c1. The second-order valence-electron chi connectivity index (χ2n) is 3.32. The number of rotatable bonds is 1. The summed E-state index contributed by atoms with van der Waals surface area (Å²) in [6, 6.07) is 7.72. The molecule has 2 rings (SSSR count). The van der Waals surface area contributed by atoms with Crippen molar-refractivity contribution in [3.63, 3.8) is 0 Å². The fourth-order valence-corrected chi connectivity index (χ4v) is 1.59. The third kappa shape index (κ3) is 1.37. The molecule has 0 saturated heterocycles. The van der Waals surface area contributed by atoms with Crippen molar-refractivity contribution in [3.05, 3.63) is 35.7 Å². The van der Waals surface area contributed by atoms with E-state index in [1.165, 1.54) is 0 Å². The van der Waals surface area contributed by atoms with E-state index in [2.05, 4.69) is 5.16 Å². The lowest BCUT2D eigenvalue weighted by molar-refractivity contribution is 0.393. The monoisotopic (exact) mass is 188 g/mol. The molecule has 2 N–H and O–H groups in total. The topological polar surface area (TPSA) is 52.0 Å². The Bertz CT molecular complexity index is 441. The van der Waals surface area contributed by atoms with Gasteiger partial charge in [-0.3, -0.25) is 0 Å². The lowest BCUT2D eigenvalue weighted by atomic mass is 10.0. The van der Waals surface area contributed by atoms with Crippen molar-refractivity contribution in [1.29, 1.82) is 0 Å². The van der Waals surface area contributed by atoms with Crippen molar-refractivity contribution in [3.8, 4) is 11.1 Å². The summed E-state index contributed by atoms with van der Waals surface area (Å²) in [6.07, 6.45) is 0. The molecular formula is C11H12N2O. The predicted octanol–water partition coefficient (Wildman–Crippen LogP) is 2.54. The highest BCUT2D eigenvalue weighted by Crippen LogP contribution is 2.27. The van der Waals surface area contributed by atoms with Gasteiger partial charge >= 0.3 is 0 Å². The van der Waals surface area contributed by atoms with E-state index < -0.39 is 0 Å². The number of nitrogens with two attached hydrogens (primary N) is 1. The van der Waals surface area contributed by atoms with Gasteiger partial charge in [-0.05, 0) is 31.5 Å². The Morgan fingerprint density at radius 3 is 2.64 bits per heavy atom. The molecule has 1 heterocycles. The second kappa shape index (κ2) is 3.18. The van der Waals surface area contributed by atoms with Crippen LogP contribution in [0.3, 0.4) is 0 Å². The molecule has 0 saturated carbocycles. The summed E-state index contributed by atoms with van der Waals surface area (Å²) in [5, 5.41) is 3.91. The molecule has 0 amide bonds. The highest BCUT2D eigenvalue weighted by atomic mass is 16.5. The Balaban J connectivity index is 2.59. The zero-order chi connectivity index (χ0) is 10.1. The van der Waals surface area contributed by atoms with Crippen LogP contribution in [0.5, 0.6) is 0 Å². The number of anilines is 1. The minimum Gasteiger partial charge on any atom is -0.399 e. The van der Waals surface area contributed by atoms with Crippen LogP contribution < -0.4 is 5.73 Å². The first-order chi connectivity index (χ1) is 6.68. The molecule has 0 bridgehead atoms. The summed E-state index contributed by atoms with van der Waals surface area (Å²) < 4.78 is 5.10. The molecule has 3 heteroatoms. The van der Waals surface area contributed by atoms with Crippen LogP contribution in [0, 0.1) is 13.8 Å². The number of aryl methyl sites for hydroxylation is 2. The van der Waals surface area contributed by atoms with Gasteiger partial charge in [0.25, 0.3) is 0 Å². The van der Waals surface area contributed by atoms with E-state index in [0.717, 1.165) is 28.3 Å². The molecule has 14 heavy (non-hydrogen) atoms. The van der Waals surface area contributed by atoms with Crippen LogP contribution >= 0.6 is 0 Å². The van der Waals surface area contributed by atoms with Gasteiger partial charge in [-0.15, -0.1) is 0 Å². The van der Waals surface area contributed by atoms with Gasteiger partial charge in [0, 0.05) is 11.3 Å². The van der Waals surface area contributed by atoms with Crippen molar-refractivity contribution in [1.82, 2.24) is 5.16 Å². The maximum absolute atomic E-state index is 5.71. The summed E-state index contributed by atoms with van der Waals surface area (Å²) >= 11 is 0. The summed E-state index contributed by atoms with van der Waals surface area (Å²) in [5.74, 6) is 0.827. The average Bonchev–Trinajstić information content (AvgIpc) is 2.46. The standard InChI is InChI=1S/C11H12N2O/c1-7-11(8(2)14-13-7)9-4-3-5-10(12)6-9/h3-6H,12H2,1-2H3. The molecule has 1 aromatic heterocycles. The van der Waals surface area contributed by atoms with Gasteiger partial charge in [0.1, 0.15) is 5.76 Å². The van der Waals surface area contributed by atoms with Crippen molar-refractivity contribution < 1.29 is 4.52 Å². The summed E-state index contributed by atoms with van der Waals surface area (Å²) in [4.78, 5) is 0. The van der Waals surface area contributed by atoms with Crippen LogP contribution in [0.2, 0.25) is 0 Å². The molecule has 0 fully saturated rings. The number of nitrogen functional groups attached to an aromatic ring is 1. The third-order valence-corrected chi connectivity index (χ3v) is 2.21. The Kier molecular flexibility index (Phi) is 2.00. The van der Waals surface area contributed by atoms with Gasteiger partial charge in [-0.2, -0.15) is 0 Å². The van der Waals surface area contributed by atoms with Crippen LogP contribution in [-0.2, 0) is 0 Å². The van der Waals surface area contributed by atoms with Crippen molar-refractivity contribution >= 4 is 5.69 Å². The zero-order valence-electron chi connectivity index (χ0n) is 8.24. The van der Waals surface area contributed by atoms with Crippen LogP contribution in [0.1, 0.15) is 11.5 Å². The number of benzene rings is 1. The number of nitrogens with zero attached hydrogens (tertiary/aromatic N) is 1. The van der Waals surface area contributed by atoms with Gasteiger partial charge < -0.3 is 10.3 Å². The average molecular weight is 188 g/mol. The van der Waals surface area contributed by atoms with Crippen LogP contribution in [0.4, 0.5) is 5.69 Å². The molecule has 0 aliphatic heterocycles. The number of hydrogen-bond acceptors (Lipinski definition) is 3. The van der Waals surface area contributed by atoms with Crippen molar-refractivity contribution in [2.24, 2.45) is 0 Å². The molecule has 0 aliphatic rings. The van der Waals surface area contributed by atoms with E-state index >= 15 is 0 Å². The van der Waals surface area contributed by atoms with Crippen molar-refractivity contribution in [2.75, 3.05) is 5.73 Å². The van der Waals surface area contributed by atoms with E-state index in [1.807, 2.05) is 38.1 Å². The molecule has 0 aliphatic carbocycles. The van der Waals surface area contributed by atoms with Gasteiger partial charge in [-0.25, -0.2) is 0 Å². The summed E-state index contributed by atoms with van der Waals surface area (Å²) in [5.41, 5.74) is 9.46. The largest absolute Gasteiger partial charge is 0.399 e. The molecule has 72 valence electrons. The first-order valence-electron chi connectivity index (χ1n) is 4.47. The first kappa shape index (κ1) is 8.81. The normalized spacial score (nSPS) is 10.4. The molecule has 0 radical (unpaired) electrons. The third-order valence-electron chi connectivity index (χ3n) is 2.21. The second-order valence-corrected chi connectivity index (χ2v) is 3.32.